The third-order valence-electron chi connectivity index (χ3n) is 1.44. The second-order valence-corrected chi connectivity index (χ2v) is 2.55. The van der Waals surface area contributed by atoms with Gasteiger partial charge in [-0.3, -0.25) is 10.2 Å². The minimum atomic E-state index is -0.625. The van der Waals surface area contributed by atoms with Crippen LogP contribution in [0.25, 0.3) is 0 Å². The molecule has 72 valence electrons. The summed E-state index contributed by atoms with van der Waals surface area (Å²) in [5, 5.41) is 7.36. The van der Waals surface area contributed by atoms with E-state index in [1.807, 2.05) is 0 Å². The maximum atomic E-state index is 13.0. The number of nitrogens with one attached hydrogen (secondary N) is 1. The zero-order valence-corrected chi connectivity index (χ0v) is 7.49. The number of nitrogens with zero attached hydrogens (tertiary/aromatic N) is 2. The monoisotopic (exact) mass is 193 g/mol. The average Bonchev–Trinajstić information content (AvgIpc) is 2.18. The van der Waals surface area contributed by atoms with Crippen molar-refractivity contribution in [1.82, 2.24) is 4.98 Å². The van der Waals surface area contributed by atoms with E-state index in [1.165, 1.54) is 25.3 Å². The summed E-state index contributed by atoms with van der Waals surface area (Å²) < 4.78 is 13.0. The summed E-state index contributed by atoms with van der Waals surface area (Å²) >= 11 is 0. The van der Waals surface area contributed by atoms with E-state index in [0.29, 0.717) is 6.29 Å². The Balaban J connectivity index is 3.02. The molecule has 0 amide bonds. The Hall–Kier alpha value is -1.91. The van der Waals surface area contributed by atoms with Gasteiger partial charge in [-0.05, 0) is 19.1 Å². The summed E-state index contributed by atoms with van der Waals surface area (Å²) in [6, 6.07) is 2.60. The second kappa shape index (κ2) is 4.36. The first-order valence-electron chi connectivity index (χ1n) is 3.85. The van der Waals surface area contributed by atoms with Gasteiger partial charge in [0.1, 0.15) is 5.69 Å². The number of aldehydes is 1. The fourth-order valence-corrected chi connectivity index (χ4v) is 0.816. The molecule has 14 heavy (non-hydrogen) atoms. The number of carbonyl (C=O) groups excluding carboxylic acids is 1. The van der Waals surface area contributed by atoms with Gasteiger partial charge in [0, 0.05) is 6.20 Å². The van der Waals surface area contributed by atoms with Crippen LogP contribution in [0.4, 0.5) is 4.39 Å². The molecule has 0 aliphatic rings. The Bertz CT molecular complexity index is 401. The molecule has 1 aromatic heterocycles. The molecule has 0 saturated carbocycles. The highest BCUT2D eigenvalue weighted by Crippen LogP contribution is 2.03. The molecule has 0 bridgehead atoms. The Morgan fingerprint density at radius 1 is 1.71 bits per heavy atom. The zero-order valence-electron chi connectivity index (χ0n) is 7.49. The van der Waals surface area contributed by atoms with Gasteiger partial charge in [0.25, 0.3) is 0 Å². The minimum Gasteiger partial charge on any atom is -0.297 e. The fraction of sp³-hybridized carbons (Fsp3) is 0.111. The molecule has 1 N–H and O–H groups in total. The smallest absolute Gasteiger partial charge is 0.174 e. The summed E-state index contributed by atoms with van der Waals surface area (Å²) in [6.45, 7) is 1.43. The van der Waals surface area contributed by atoms with Gasteiger partial charge in [-0.1, -0.05) is 0 Å². The van der Waals surface area contributed by atoms with Crippen LogP contribution in [0, 0.1) is 11.2 Å². The fourth-order valence-electron chi connectivity index (χ4n) is 0.816. The Labute approximate surface area is 80.0 Å². The standard InChI is InChI=1S/C9H8FN3O/c1-6(5-14)13-9(11)8-7(10)3-2-4-12-8/h2-5,11H,1H3. The largest absolute Gasteiger partial charge is 0.297 e. The zero-order chi connectivity index (χ0) is 10.6. The molecule has 0 unspecified atom stereocenters. The van der Waals surface area contributed by atoms with Gasteiger partial charge in [-0.2, -0.15) is 0 Å². The maximum absolute atomic E-state index is 13.0. The lowest BCUT2D eigenvalue weighted by Crippen LogP contribution is -2.05. The highest BCUT2D eigenvalue weighted by molar-refractivity contribution is 6.30. The molecule has 0 fully saturated rings. The van der Waals surface area contributed by atoms with Gasteiger partial charge in [-0.25, -0.2) is 14.4 Å². The molecule has 1 rings (SSSR count). The van der Waals surface area contributed by atoms with Crippen molar-refractivity contribution in [3.8, 4) is 0 Å². The van der Waals surface area contributed by atoms with E-state index in [-0.39, 0.29) is 17.2 Å². The molecule has 1 aromatic rings. The first-order valence-corrected chi connectivity index (χ1v) is 3.85. The van der Waals surface area contributed by atoms with Gasteiger partial charge in [0.05, 0.1) is 5.71 Å². The first kappa shape index (κ1) is 10.2. The number of hydrogen-bond donors (Lipinski definition) is 1. The number of rotatable bonds is 2. The van der Waals surface area contributed by atoms with Crippen LogP contribution in [-0.4, -0.2) is 22.8 Å². The molecular formula is C9H8FN3O. The summed E-state index contributed by atoms with van der Waals surface area (Å²) in [7, 11) is 0. The summed E-state index contributed by atoms with van der Waals surface area (Å²) in [5.74, 6) is -0.979. The van der Waals surface area contributed by atoms with Crippen LogP contribution in [0.1, 0.15) is 12.6 Å². The Morgan fingerprint density at radius 2 is 2.43 bits per heavy atom. The van der Waals surface area contributed by atoms with Gasteiger partial charge < -0.3 is 0 Å². The highest BCUT2D eigenvalue weighted by Gasteiger charge is 2.07. The van der Waals surface area contributed by atoms with E-state index in [2.05, 4.69) is 9.98 Å². The number of hydrogen-bond acceptors (Lipinski definition) is 3. The van der Waals surface area contributed by atoms with Crippen molar-refractivity contribution in [2.24, 2.45) is 4.99 Å². The number of pyridine rings is 1. The Morgan fingerprint density at radius 3 is 3.00 bits per heavy atom. The van der Waals surface area contributed by atoms with Crippen LogP contribution in [0.15, 0.2) is 23.3 Å². The molecule has 0 spiro atoms. The number of carbonyl (C=O) groups is 1. The molecule has 0 aromatic carbocycles. The van der Waals surface area contributed by atoms with E-state index < -0.39 is 5.82 Å². The maximum Gasteiger partial charge on any atom is 0.174 e. The lowest BCUT2D eigenvalue weighted by Gasteiger charge is -1.98. The highest BCUT2D eigenvalue weighted by atomic mass is 19.1. The van der Waals surface area contributed by atoms with E-state index in [9.17, 15) is 9.18 Å². The molecule has 0 atom stereocenters. The number of amidine groups is 1. The average molecular weight is 193 g/mol. The molecule has 4 nitrogen and oxygen atoms in total. The Kier molecular flexibility index (Phi) is 3.17. The van der Waals surface area contributed by atoms with Crippen molar-refractivity contribution in [2.75, 3.05) is 0 Å². The molecule has 0 aliphatic heterocycles. The lowest BCUT2D eigenvalue weighted by atomic mass is 10.3. The summed E-state index contributed by atoms with van der Waals surface area (Å²) in [4.78, 5) is 17.4. The van der Waals surface area contributed by atoms with Crippen LogP contribution in [0.3, 0.4) is 0 Å². The minimum absolute atomic E-state index is 0.111. The van der Waals surface area contributed by atoms with E-state index in [1.54, 1.807) is 0 Å². The molecule has 0 saturated heterocycles. The van der Waals surface area contributed by atoms with Crippen LogP contribution < -0.4 is 0 Å². The quantitative estimate of drug-likeness (QED) is 0.435. The molecule has 1 heterocycles. The van der Waals surface area contributed by atoms with Crippen LogP contribution in [-0.2, 0) is 4.79 Å². The van der Waals surface area contributed by atoms with E-state index in [0.717, 1.165) is 0 Å². The van der Waals surface area contributed by atoms with E-state index >= 15 is 0 Å². The SMILES string of the molecule is CC(C=O)=NC(=N)c1ncccc1F. The number of aromatic nitrogens is 1. The van der Waals surface area contributed by atoms with Crippen molar-refractivity contribution < 1.29 is 9.18 Å². The number of aliphatic imine (C=N–C) groups is 1. The third kappa shape index (κ3) is 2.29. The van der Waals surface area contributed by atoms with E-state index in [4.69, 9.17) is 5.41 Å². The third-order valence-corrected chi connectivity index (χ3v) is 1.44. The molecule has 5 heteroatoms. The predicted octanol–water partition coefficient (Wildman–Crippen LogP) is 1.21. The second-order valence-electron chi connectivity index (χ2n) is 2.55. The van der Waals surface area contributed by atoms with Crippen LogP contribution in [0.2, 0.25) is 0 Å². The normalized spacial score (nSPS) is 11.1. The molecular weight excluding hydrogens is 185 g/mol. The van der Waals surface area contributed by atoms with Crippen molar-refractivity contribution in [3.05, 3.63) is 29.8 Å². The van der Waals surface area contributed by atoms with Gasteiger partial charge in [0.2, 0.25) is 0 Å². The topological polar surface area (TPSA) is 66.2 Å². The number of halogens is 1. The van der Waals surface area contributed by atoms with Crippen molar-refractivity contribution >= 4 is 17.8 Å². The van der Waals surface area contributed by atoms with Crippen LogP contribution in [0.5, 0.6) is 0 Å². The molecule has 0 aliphatic carbocycles. The van der Waals surface area contributed by atoms with Gasteiger partial charge >= 0.3 is 0 Å². The summed E-state index contributed by atoms with van der Waals surface area (Å²) in [6.07, 6.45) is 1.86. The van der Waals surface area contributed by atoms with Crippen molar-refractivity contribution in [1.29, 1.82) is 5.41 Å². The lowest BCUT2D eigenvalue weighted by molar-refractivity contribution is -0.102. The predicted molar refractivity (Wildman–Crippen MR) is 50.2 cm³/mol. The first-order chi connectivity index (χ1) is 6.65. The van der Waals surface area contributed by atoms with Crippen LogP contribution >= 0.6 is 0 Å². The van der Waals surface area contributed by atoms with Crippen molar-refractivity contribution in [3.63, 3.8) is 0 Å². The van der Waals surface area contributed by atoms with Gasteiger partial charge in [-0.15, -0.1) is 0 Å². The van der Waals surface area contributed by atoms with Crippen molar-refractivity contribution in [2.45, 2.75) is 6.92 Å². The molecule has 0 radical (unpaired) electrons. The van der Waals surface area contributed by atoms with Gasteiger partial charge in [0.15, 0.2) is 17.9 Å². The summed E-state index contributed by atoms with van der Waals surface area (Å²) in [5.41, 5.74) is -0.0475.